The summed E-state index contributed by atoms with van der Waals surface area (Å²) in [7, 11) is 0. The molecular formula is C17H9ClO3. The summed E-state index contributed by atoms with van der Waals surface area (Å²) in [6, 6.07) is 14.4. The van der Waals surface area contributed by atoms with Gasteiger partial charge in [0.1, 0.15) is 5.75 Å². The van der Waals surface area contributed by atoms with E-state index < -0.39 is 11.9 Å². The number of carbonyl (C=O) groups is 1. The lowest BCUT2D eigenvalue weighted by Crippen LogP contribution is -2.32. The Morgan fingerprint density at radius 2 is 1.95 bits per heavy atom. The molecule has 0 saturated carbocycles. The zero-order chi connectivity index (χ0) is 14.4. The Hall–Kier alpha value is -2.28. The molecule has 3 nitrogen and oxygen atoms in total. The smallest absolute Gasteiger partial charge is 0.258 e. The zero-order valence-electron chi connectivity index (χ0n) is 10.8. The van der Waals surface area contributed by atoms with Crippen LogP contribution in [0.1, 0.15) is 15.9 Å². The predicted molar refractivity (Wildman–Crippen MR) is 77.3 cm³/mol. The van der Waals surface area contributed by atoms with Gasteiger partial charge in [0.15, 0.2) is 0 Å². The molecule has 102 valence electrons. The SMILES string of the molecule is O=C1c2cc(Cl)ccc2OC2OC12C#Cc1ccccc1. The Kier molecular flexibility index (Phi) is 2.58. The van der Waals surface area contributed by atoms with Crippen molar-refractivity contribution in [2.75, 3.05) is 0 Å². The van der Waals surface area contributed by atoms with Crippen molar-refractivity contribution in [3.8, 4) is 17.6 Å². The van der Waals surface area contributed by atoms with Crippen LogP contribution in [0.5, 0.6) is 5.75 Å². The summed E-state index contributed by atoms with van der Waals surface area (Å²) >= 11 is 5.94. The average molecular weight is 297 g/mol. The van der Waals surface area contributed by atoms with Crippen molar-refractivity contribution in [3.05, 3.63) is 64.7 Å². The lowest BCUT2D eigenvalue weighted by molar-refractivity contribution is 0.0908. The van der Waals surface area contributed by atoms with E-state index in [-0.39, 0.29) is 5.78 Å². The minimum Gasteiger partial charge on any atom is -0.459 e. The van der Waals surface area contributed by atoms with Crippen LogP contribution < -0.4 is 4.74 Å². The molecule has 0 amide bonds. The van der Waals surface area contributed by atoms with Crippen LogP contribution in [0.3, 0.4) is 0 Å². The Labute approximate surface area is 126 Å². The molecule has 0 radical (unpaired) electrons. The van der Waals surface area contributed by atoms with Gasteiger partial charge in [0.2, 0.25) is 5.78 Å². The van der Waals surface area contributed by atoms with Gasteiger partial charge < -0.3 is 9.47 Å². The van der Waals surface area contributed by atoms with Crippen molar-refractivity contribution in [2.24, 2.45) is 0 Å². The molecule has 1 fully saturated rings. The van der Waals surface area contributed by atoms with Crippen LogP contribution in [-0.4, -0.2) is 17.7 Å². The van der Waals surface area contributed by atoms with Crippen molar-refractivity contribution in [1.29, 1.82) is 0 Å². The molecule has 0 N–H and O–H groups in total. The lowest BCUT2D eigenvalue weighted by atomic mass is 9.94. The van der Waals surface area contributed by atoms with Crippen LogP contribution in [0.25, 0.3) is 0 Å². The summed E-state index contributed by atoms with van der Waals surface area (Å²) in [5.74, 6) is 6.17. The quantitative estimate of drug-likeness (QED) is 0.554. The summed E-state index contributed by atoms with van der Waals surface area (Å²) in [6.45, 7) is 0. The number of benzene rings is 2. The second-order valence-corrected chi connectivity index (χ2v) is 5.33. The molecule has 2 unspecified atom stereocenters. The van der Waals surface area contributed by atoms with E-state index in [9.17, 15) is 4.79 Å². The number of rotatable bonds is 0. The van der Waals surface area contributed by atoms with E-state index in [1.165, 1.54) is 0 Å². The van der Waals surface area contributed by atoms with Crippen LogP contribution in [0.15, 0.2) is 48.5 Å². The molecule has 0 bridgehead atoms. The Balaban J connectivity index is 1.73. The number of hydrogen-bond donors (Lipinski definition) is 0. The third-order valence-corrected chi connectivity index (χ3v) is 3.73. The first-order valence-corrected chi connectivity index (χ1v) is 6.84. The summed E-state index contributed by atoms with van der Waals surface area (Å²) in [5, 5.41) is 0.482. The molecule has 0 aliphatic carbocycles. The van der Waals surface area contributed by atoms with Gasteiger partial charge in [-0.05, 0) is 36.3 Å². The number of Topliss-reactive ketones (excluding diaryl/α,β-unsaturated/α-hetero) is 1. The van der Waals surface area contributed by atoms with Gasteiger partial charge in [-0.1, -0.05) is 35.7 Å². The molecule has 4 heteroatoms. The van der Waals surface area contributed by atoms with Crippen molar-refractivity contribution in [3.63, 3.8) is 0 Å². The highest BCUT2D eigenvalue weighted by atomic mass is 35.5. The molecule has 21 heavy (non-hydrogen) atoms. The Morgan fingerprint density at radius 1 is 1.14 bits per heavy atom. The molecule has 0 aromatic heterocycles. The fourth-order valence-electron chi connectivity index (χ4n) is 2.33. The maximum atomic E-state index is 12.6. The van der Waals surface area contributed by atoms with Crippen molar-refractivity contribution in [1.82, 2.24) is 0 Å². The third kappa shape index (κ3) is 1.92. The van der Waals surface area contributed by atoms with Crippen molar-refractivity contribution < 1.29 is 14.3 Å². The molecule has 1 saturated heterocycles. The van der Waals surface area contributed by atoms with Crippen LogP contribution in [0.2, 0.25) is 5.02 Å². The topological polar surface area (TPSA) is 38.8 Å². The summed E-state index contributed by atoms with van der Waals surface area (Å²) < 4.78 is 11.1. The predicted octanol–water partition coefficient (Wildman–Crippen LogP) is 3.06. The Morgan fingerprint density at radius 3 is 2.76 bits per heavy atom. The fourth-order valence-corrected chi connectivity index (χ4v) is 2.50. The highest BCUT2D eigenvalue weighted by molar-refractivity contribution is 6.31. The number of ketones is 1. The molecule has 0 spiro atoms. The first-order chi connectivity index (χ1) is 10.2. The minimum absolute atomic E-state index is 0.195. The summed E-state index contributed by atoms with van der Waals surface area (Å²) in [6.07, 6.45) is -0.630. The van der Waals surface area contributed by atoms with E-state index in [0.717, 1.165) is 5.56 Å². The molecule has 2 aliphatic heterocycles. The molecule has 2 aromatic rings. The van der Waals surface area contributed by atoms with E-state index >= 15 is 0 Å². The minimum atomic E-state index is -1.19. The first kappa shape index (κ1) is 12.5. The number of fused-ring (bicyclic) bond motifs is 2. The van der Waals surface area contributed by atoms with E-state index in [1.807, 2.05) is 30.3 Å². The van der Waals surface area contributed by atoms with Crippen LogP contribution >= 0.6 is 11.6 Å². The zero-order valence-corrected chi connectivity index (χ0v) is 11.6. The molecule has 2 heterocycles. The summed E-state index contributed by atoms with van der Waals surface area (Å²) in [4.78, 5) is 12.6. The monoisotopic (exact) mass is 296 g/mol. The van der Waals surface area contributed by atoms with E-state index in [0.29, 0.717) is 16.3 Å². The van der Waals surface area contributed by atoms with E-state index in [1.54, 1.807) is 18.2 Å². The second kappa shape index (κ2) is 4.36. The van der Waals surface area contributed by atoms with Crippen molar-refractivity contribution in [2.45, 2.75) is 11.9 Å². The Bertz CT molecular complexity index is 804. The average Bonchev–Trinajstić information content (AvgIpc) is 3.22. The summed E-state index contributed by atoms with van der Waals surface area (Å²) in [5.41, 5.74) is 0.0532. The van der Waals surface area contributed by atoms with E-state index in [4.69, 9.17) is 21.1 Å². The van der Waals surface area contributed by atoms with Gasteiger partial charge in [0, 0.05) is 10.6 Å². The number of halogens is 1. The van der Waals surface area contributed by atoms with Gasteiger partial charge in [0.25, 0.3) is 11.9 Å². The van der Waals surface area contributed by atoms with Gasteiger partial charge in [0.05, 0.1) is 5.56 Å². The third-order valence-electron chi connectivity index (χ3n) is 3.49. The molecule has 2 atom stereocenters. The highest BCUT2D eigenvalue weighted by Crippen LogP contribution is 2.47. The van der Waals surface area contributed by atoms with Crippen LogP contribution in [0, 0.1) is 11.8 Å². The van der Waals surface area contributed by atoms with Crippen LogP contribution in [-0.2, 0) is 4.74 Å². The normalized spacial score (nSPS) is 25.0. The number of ether oxygens (including phenoxy) is 2. The first-order valence-electron chi connectivity index (χ1n) is 6.46. The number of carbonyl (C=O) groups excluding carboxylic acids is 1. The van der Waals surface area contributed by atoms with Gasteiger partial charge in [-0.25, -0.2) is 0 Å². The maximum Gasteiger partial charge on any atom is 0.258 e. The largest absolute Gasteiger partial charge is 0.459 e. The maximum absolute atomic E-state index is 12.6. The molecular weight excluding hydrogens is 288 g/mol. The van der Waals surface area contributed by atoms with Gasteiger partial charge in [-0.3, -0.25) is 4.79 Å². The number of hydrogen-bond acceptors (Lipinski definition) is 3. The fraction of sp³-hybridized carbons (Fsp3) is 0.118. The van der Waals surface area contributed by atoms with Gasteiger partial charge in [-0.2, -0.15) is 0 Å². The van der Waals surface area contributed by atoms with Gasteiger partial charge >= 0.3 is 0 Å². The molecule has 2 aromatic carbocycles. The standard InChI is InChI=1S/C17H9ClO3/c18-12-6-7-14-13(10-12)15(19)17(16(20-14)21-17)9-8-11-4-2-1-3-5-11/h1-7,10,16H. The van der Waals surface area contributed by atoms with E-state index in [2.05, 4.69) is 11.8 Å². The molecule has 4 rings (SSSR count). The van der Waals surface area contributed by atoms with Crippen molar-refractivity contribution >= 4 is 17.4 Å². The lowest BCUT2D eigenvalue weighted by Gasteiger charge is -2.16. The van der Waals surface area contributed by atoms with Gasteiger partial charge in [-0.15, -0.1) is 0 Å². The second-order valence-electron chi connectivity index (χ2n) is 4.89. The van der Waals surface area contributed by atoms with Crippen LogP contribution in [0.4, 0.5) is 0 Å². The number of epoxide rings is 1. The molecule has 2 aliphatic rings. The highest BCUT2D eigenvalue weighted by Gasteiger charge is 2.67.